The first-order chi connectivity index (χ1) is 16.1. The standard InChI is InChI=1S/C24H24N4O3S2/c1-3-7-20-21(23(29)30-2)22(19-15-33-27-26-19)25-24(32)28(20)17-10-12-18(13-11-17)31-14-16-8-5-4-6-9-16/h4-6,8-13,15,22H,3,7,14H2,1-2H3,(H,25,32)/t22-/m0/s1. The molecule has 0 saturated heterocycles. The summed E-state index contributed by atoms with van der Waals surface area (Å²) in [5.41, 5.74) is 3.86. The van der Waals surface area contributed by atoms with Crippen LogP contribution < -0.4 is 15.0 Å². The van der Waals surface area contributed by atoms with Crippen LogP contribution in [0.2, 0.25) is 0 Å². The molecule has 0 saturated carbocycles. The SMILES string of the molecule is CCCC1=C(C(=O)OC)[C@H](c2csnn2)NC(=S)N1c1ccc(OCc2ccccc2)cc1. The van der Waals surface area contributed by atoms with Crippen LogP contribution in [0.15, 0.2) is 71.2 Å². The first-order valence-corrected chi connectivity index (χ1v) is 11.8. The van der Waals surface area contributed by atoms with E-state index in [9.17, 15) is 4.79 Å². The molecule has 33 heavy (non-hydrogen) atoms. The summed E-state index contributed by atoms with van der Waals surface area (Å²) < 4.78 is 15.0. The van der Waals surface area contributed by atoms with Crippen LogP contribution in [0.4, 0.5) is 5.69 Å². The predicted molar refractivity (Wildman–Crippen MR) is 132 cm³/mol. The number of carbonyl (C=O) groups is 1. The van der Waals surface area contributed by atoms with Crippen LogP contribution in [-0.2, 0) is 16.1 Å². The number of methoxy groups -OCH3 is 1. The van der Waals surface area contributed by atoms with Gasteiger partial charge in [0.05, 0.1) is 12.7 Å². The van der Waals surface area contributed by atoms with Crippen LogP contribution in [0.1, 0.15) is 37.1 Å². The van der Waals surface area contributed by atoms with Crippen LogP contribution in [0.25, 0.3) is 0 Å². The van der Waals surface area contributed by atoms with Crippen molar-refractivity contribution in [3.63, 3.8) is 0 Å². The van der Waals surface area contributed by atoms with E-state index in [4.69, 9.17) is 21.7 Å². The van der Waals surface area contributed by atoms with Crippen molar-refractivity contribution in [3.05, 3.63) is 82.5 Å². The van der Waals surface area contributed by atoms with Gasteiger partial charge in [-0.15, -0.1) is 5.10 Å². The topological polar surface area (TPSA) is 76.6 Å². The Kier molecular flexibility index (Phi) is 7.31. The molecule has 4 rings (SSSR count). The molecular formula is C24H24N4O3S2. The molecule has 0 fully saturated rings. The van der Waals surface area contributed by atoms with Crippen LogP contribution in [-0.4, -0.2) is 27.8 Å². The maximum atomic E-state index is 12.9. The summed E-state index contributed by atoms with van der Waals surface area (Å²) in [4.78, 5) is 14.8. The van der Waals surface area contributed by atoms with E-state index in [1.807, 2.05) is 59.5 Å². The number of hydrogen-bond acceptors (Lipinski definition) is 7. The summed E-state index contributed by atoms with van der Waals surface area (Å²) in [5.74, 6) is 0.332. The van der Waals surface area contributed by atoms with Crippen molar-refractivity contribution >= 4 is 40.5 Å². The second-order valence-corrected chi connectivity index (χ2v) is 8.41. The van der Waals surface area contributed by atoms with Gasteiger partial charge in [-0.05, 0) is 60.0 Å². The maximum absolute atomic E-state index is 12.9. The van der Waals surface area contributed by atoms with Gasteiger partial charge in [0.2, 0.25) is 0 Å². The molecule has 1 aromatic heterocycles. The van der Waals surface area contributed by atoms with E-state index in [2.05, 4.69) is 21.8 Å². The van der Waals surface area contributed by atoms with Crippen LogP contribution >= 0.6 is 23.8 Å². The van der Waals surface area contributed by atoms with Gasteiger partial charge in [-0.2, -0.15) is 0 Å². The van der Waals surface area contributed by atoms with Gasteiger partial charge >= 0.3 is 5.97 Å². The molecule has 0 unspecified atom stereocenters. The Labute approximate surface area is 202 Å². The zero-order valence-electron chi connectivity index (χ0n) is 18.4. The molecule has 2 heterocycles. The molecule has 1 N–H and O–H groups in total. The van der Waals surface area contributed by atoms with Gasteiger partial charge in [0.25, 0.3) is 0 Å². The molecular weight excluding hydrogens is 456 g/mol. The molecule has 1 atom stereocenters. The first kappa shape index (κ1) is 22.9. The van der Waals surface area contributed by atoms with Crippen molar-refractivity contribution in [2.45, 2.75) is 32.4 Å². The lowest BCUT2D eigenvalue weighted by Crippen LogP contribution is -2.48. The molecule has 0 amide bonds. The maximum Gasteiger partial charge on any atom is 0.338 e. The second-order valence-electron chi connectivity index (χ2n) is 7.42. The highest BCUT2D eigenvalue weighted by Crippen LogP contribution is 2.36. The number of allylic oxidation sites excluding steroid dienone is 1. The number of nitrogens with zero attached hydrogens (tertiary/aromatic N) is 3. The largest absolute Gasteiger partial charge is 0.489 e. The monoisotopic (exact) mass is 480 g/mol. The summed E-state index contributed by atoms with van der Waals surface area (Å²) >= 11 is 6.95. The minimum Gasteiger partial charge on any atom is -0.489 e. The van der Waals surface area contributed by atoms with Crippen LogP contribution in [0.5, 0.6) is 5.75 Å². The number of rotatable bonds is 8. The molecule has 7 nitrogen and oxygen atoms in total. The van der Waals surface area contributed by atoms with E-state index in [-0.39, 0.29) is 0 Å². The van der Waals surface area contributed by atoms with E-state index in [0.717, 1.165) is 29.1 Å². The lowest BCUT2D eigenvalue weighted by molar-refractivity contribution is -0.136. The summed E-state index contributed by atoms with van der Waals surface area (Å²) in [7, 11) is 1.38. The van der Waals surface area contributed by atoms with E-state index in [0.29, 0.717) is 29.4 Å². The number of thiocarbonyl (C=S) groups is 1. The number of nitrogens with one attached hydrogen (secondary N) is 1. The lowest BCUT2D eigenvalue weighted by atomic mass is 9.96. The van der Waals surface area contributed by atoms with Crippen LogP contribution in [0.3, 0.4) is 0 Å². The minimum absolute atomic E-state index is 0.417. The van der Waals surface area contributed by atoms with Crippen molar-refractivity contribution in [3.8, 4) is 5.75 Å². The van der Waals surface area contributed by atoms with Crippen molar-refractivity contribution < 1.29 is 14.3 Å². The number of benzene rings is 2. The molecule has 0 aliphatic carbocycles. The summed E-state index contributed by atoms with van der Waals surface area (Å²) in [6.07, 6.45) is 1.47. The Bertz CT molecular complexity index is 1130. The summed E-state index contributed by atoms with van der Waals surface area (Å²) in [6, 6.07) is 17.2. The number of esters is 1. The molecule has 0 radical (unpaired) electrons. The number of hydrogen-bond donors (Lipinski definition) is 1. The third-order valence-corrected chi connectivity index (χ3v) is 6.07. The van der Waals surface area contributed by atoms with Crippen molar-refractivity contribution in [2.75, 3.05) is 12.0 Å². The van der Waals surface area contributed by atoms with Crippen molar-refractivity contribution in [2.24, 2.45) is 0 Å². The second kappa shape index (κ2) is 10.5. The van der Waals surface area contributed by atoms with Gasteiger partial charge < -0.3 is 14.8 Å². The molecule has 9 heteroatoms. The molecule has 2 aromatic carbocycles. The van der Waals surface area contributed by atoms with Crippen LogP contribution in [0, 0.1) is 0 Å². The summed E-state index contributed by atoms with van der Waals surface area (Å²) in [6.45, 7) is 2.55. The van der Waals surface area contributed by atoms with Crippen molar-refractivity contribution in [1.29, 1.82) is 0 Å². The van der Waals surface area contributed by atoms with E-state index in [1.54, 1.807) is 5.38 Å². The lowest BCUT2D eigenvalue weighted by Gasteiger charge is -2.38. The Balaban J connectivity index is 1.65. The van der Waals surface area contributed by atoms with E-state index in [1.165, 1.54) is 18.6 Å². The molecule has 1 aliphatic rings. The number of carbonyl (C=O) groups excluding carboxylic acids is 1. The van der Waals surface area contributed by atoms with Crippen molar-refractivity contribution in [1.82, 2.24) is 14.9 Å². The highest BCUT2D eigenvalue weighted by atomic mass is 32.1. The predicted octanol–water partition coefficient (Wildman–Crippen LogP) is 4.78. The fraction of sp³-hybridized carbons (Fsp3) is 0.250. The number of anilines is 1. The Morgan fingerprint density at radius 1 is 1.18 bits per heavy atom. The average molecular weight is 481 g/mol. The Morgan fingerprint density at radius 3 is 2.58 bits per heavy atom. The normalized spacial score (nSPS) is 15.9. The third-order valence-electron chi connectivity index (χ3n) is 5.25. The van der Waals surface area contributed by atoms with E-state index >= 15 is 0 Å². The average Bonchev–Trinajstić information content (AvgIpc) is 3.38. The zero-order chi connectivity index (χ0) is 23.2. The van der Waals surface area contributed by atoms with Gasteiger partial charge in [0.15, 0.2) is 5.11 Å². The first-order valence-electron chi connectivity index (χ1n) is 10.6. The van der Waals surface area contributed by atoms with Gasteiger partial charge in [-0.25, -0.2) is 4.79 Å². The van der Waals surface area contributed by atoms with Gasteiger partial charge in [0, 0.05) is 16.8 Å². The fourth-order valence-electron chi connectivity index (χ4n) is 3.72. The number of ether oxygens (including phenoxy) is 2. The Hall–Kier alpha value is -3.30. The fourth-order valence-corrected chi connectivity index (χ4v) is 4.54. The quantitative estimate of drug-likeness (QED) is 0.365. The molecule has 0 bridgehead atoms. The highest BCUT2D eigenvalue weighted by Gasteiger charge is 2.37. The molecule has 1 aliphatic heterocycles. The van der Waals surface area contributed by atoms with Gasteiger partial charge in [0.1, 0.15) is 24.1 Å². The van der Waals surface area contributed by atoms with E-state index < -0.39 is 12.0 Å². The Morgan fingerprint density at radius 2 is 1.94 bits per heavy atom. The summed E-state index contributed by atoms with van der Waals surface area (Å²) in [5, 5.41) is 9.71. The molecule has 0 spiro atoms. The van der Waals surface area contributed by atoms with Gasteiger partial charge in [-0.3, -0.25) is 4.90 Å². The third kappa shape index (κ3) is 5.04. The highest BCUT2D eigenvalue weighted by molar-refractivity contribution is 7.80. The molecule has 3 aromatic rings. The minimum atomic E-state index is -0.505. The zero-order valence-corrected chi connectivity index (χ0v) is 20.0. The van der Waals surface area contributed by atoms with Gasteiger partial charge in [-0.1, -0.05) is 48.2 Å². The smallest absolute Gasteiger partial charge is 0.338 e. The number of aromatic nitrogens is 2. The molecule has 170 valence electrons.